The van der Waals surface area contributed by atoms with Crippen LogP contribution >= 0.6 is 22.7 Å². The second kappa shape index (κ2) is 7.25. The lowest BCUT2D eigenvalue weighted by Gasteiger charge is -2.32. The zero-order chi connectivity index (χ0) is 17.2. The van der Waals surface area contributed by atoms with Crippen LogP contribution in [0.1, 0.15) is 36.2 Å². The molecule has 0 aromatic carbocycles. The first-order valence-corrected chi connectivity index (χ1v) is 10.6. The zero-order valence-corrected chi connectivity index (χ0v) is 15.7. The monoisotopic (exact) mass is 375 g/mol. The summed E-state index contributed by atoms with van der Waals surface area (Å²) in [5.41, 5.74) is 0.526. The van der Waals surface area contributed by atoms with Crippen molar-refractivity contribution in [2.75, 3.05) is 26.2 Å². The van der Waals surface area contributed by atoms with E-state index in [1.807, 2.05) is 32.7 Å². The van der Waals surface area contributed by atoms with Crippen molar-refractivity contribution in [2.24, 2.45) is 5.92 Å². The predicted molar refractivity (Wildman–Crippen MR) is 99.9 cm³/mol. The molecule has 2 amide bonds. The van der Waals surface area contributed by atoms with E-state index in [1.165, 1.54) is 11.3 Å². The summed E-state index contributed by atoms with van der Waals surface area (Å²) in [5.74, 6) is 0.364. The maximum absolute atomic E-state index is 12.7. The highest BCUT2D eigenvalue weighted by Gasteiger charge is 2.32. The van der Waals surface area contributed by atoms with E-state index in [4.69, 9.17) is 0 Å². The van der Waals surface area contributed by atoms with Gasteiger partial charge in [0.1, 0.15) is 10.7 Å². The Hall–Kier alpha value is -1.73. The van der Waals surface area contributed by atoms with Crippen LogP contribution in [0, 0.1) is 5.92 Å². The third-order valence-corrected chi connectivity index (χ3v) is 6.89. The van der Waals surface area contributed by atoms with Gasteiger partial charge in [-0.1, -0.05) is 6.07 Å². The predicted octanol–water partition coefficient (Wildman–Crippen LogP) is 3.35. The molecule has 5 nitrogen and oxygen atoms in total. The average molecular weight is 376 g/mol. The number of hydrogen-bond acceptors (Lipinski definition) is 5. The molecule has 2 fully saturated rings. The minimum absolute atomic E-state index is 0.00822. The summed E-state index contributed by atoms with van der Waals surface area (Å²) in [7, 11) is 0. The van der Waals surface area contributed by atoms with E-state index in [9.17, 15) is 9.59 Å². The lowest BCUT2D eigenvalue weighted by atomic mass is 9.95. The molecule has 2 aliphatic rings. The number of carbonyl (C=O) groups excluding carboxylic acids is 2. The third kappa shape index (κ3) is 3.48. The standard InChI is InChI=1S/C18H21N3O2S2/c22-17(20-7-1-2-8-20)13-5-9-21(10-6-13)18(23)14-12-25-16(19-14)15-4-3-11-24-15/h3-4,11-13H,1-2,5-10H2. The van der Waals surface area contributed by atoms with Crippen molar-refractivity contribution >= 4 is 34.5 Å². The van der Waals surface area contributed by atoms with Gasteiger partial charge >= 0.3 is 0 Å². The molecule has 7 heteroatoms. The Bertz CT molecular complexity index is 742. The first-order valence-electron chi connectivity index (χ1n) is 8.80. The number of nitrogens with zero attached hydrogens (tertiary/aromatic N) is 3. The molecule has 132 valence electrons. The molecule has 0 radical (unpaired) electrons. The van der Waals surface area contributed by atoms with E-state index in [-0.39, 0.29) is 11.8 Å². The van der Waals surface area contributed by atoms with Crippen molar-refractivity contribution in [1.82, 2.24) is 14.8 Å². The number of thiazole rings is 1. The number of piperidine rings is 1. The highest BCUT2D eigenvalue weighted by Crippen LogP contribution is 2.29. The van der Waals surface area contributed by atoms with Gasteiger partial charge in [0, 0.05) is 37.5 Å². The van der Waals surface area contributed by atoms with Crippen LogP contribution in [0.5, 0.6) is 0 Å². The summed E-state index contributed by atoms with van der Waals surface area (Å²) in [5, 5.41) is 4.76. The number of rotatable bonds is 3. The number of likely N-dealkylation sites (tertiary alicyclic amines) is 2. The fourth-order valence-corrected chi connectivity index (χ4v) is 5.18. The molecule has 0 spiro atoms. The van der Waals surface area contributed by atoms with E-state index >= 15 is 0 Å². The molecule has 0 atom stereocenters. The van der Waals surface area contributed by atoms with E-state index in [0.717, 1.165) is 48.7 Å². The van der Waals surface area contributed by atoms with Crippen LogP contribution in [0.3, 0.4) is 0 Å². The van der Waals surface area contributed by atoms with Crippen molar-refractivity contribution in [1.29, 1.82) is 0 Å². The lowest BCUT2D eigenvalue weighted by Crippen LogP contribution is -2.43. The fourth-order valence-electron chi connectivity index (χ4n) is 3.57. The molecule has 0 saturated carbocycles. The van der Waals surface area contributed by atoms with Crippen molar-refractivity contribution in [2.45, 2.75) is 25.7 Å². The average Bonchev–Trinajstić information content (AvgIpc) is 3.42. The molecule has 0 bridgehead atoms. The molecule has 25 heavy (non-hydrogen) atoms. The Balaban J connectivity index is 1.36. The van der Waals surface area contributed by atoms with Crippen molar-refractivity contribution in [3.8, 4) is 9.88 Å². The number of aromatic nitrogens is 1. The van der Waals surface area contributed by atoms with Gasteiger partial charge in [-0.2, -0.15) is 0 Å². The SMILES string of the molecule is O=C(c1csc(-c2cccs2)n1)N1CCC(C(=O)N2CCCC2)CC1. The second-order valence-electron chi connectivity index (χ2n) is 6.61. The molecule has 2 aromatic rings. The number of carbonyl (C=O) groups is 2. The molecular formula is C18H21N3O2S2. The van der Waals surface area contributed by atoms with Gasteiger partial charge in [-0.15, -0.1) is 22.7 Å². The van der Waals surface area contributed by atoms with Gasteiger partial charge in [-0.05, 0) is 37.1 Å². The highest BCUT2D eigenvalue weighted by atomic mass is 32.1. The first kappa shape index (κ1) is 16.7. The van der Waals surface area contributed by atoms with Gasteiger partial charge in [-0.3, -0.25) is 9.59 Å². The molecule has 0 unspecified atom stereocenters. The van der Waals surface area contributed by atoms with Gasteiger partial charge in [0.05, 0.1) is 4.88 Å². The maximum Gasteiger partial charge on any atom is 0.273 e. The normalized spacial score (nSPS) is 18.7. The lowest BCUT2D eigenvalue weighted by molar-refractivity contribution is -0.135. The molecule has 0 N–H and O–H groups in total. The number of amides is 2. The minimum Gasteiger partial charge on any atom is -0.342 e. The van der Waals surface area contributed by atoms with Gasteiger partial charge < -0.3 is 9.80 Å². The Morgan fingerprint density at radius 1 is 1.04 bits per heavy atom. The maximum atomic E-state index is 12.7. The minimum atomic E-state index is -0.00822. The third-order valence-electron chi connectivity index (χ3n) is 5.00. The van der Waals surface area contributed by atoms with Gasteiger partial charge in [0.25, 0.3) is 5.91 Å². The van der Waals surface area contributed by atoms with Crippen LogP contribution in [0.25, 0.3) is 9.88 Å². The van der Waals surface area contributed by atoms with Gasteiger partial charge in [-0.25, -0.2) is 4.98 Å². The summed E-state index contributed by atoms with van der Waals surface area (Å²) in [6.07, 6.45) is 3.78. The number of thiophene rings is 1. The smallest absolute Gasteiger partial charge is 0.273 e. The molecular weight excluding hydrogens is 354 g/mol. The van der Waals surface area contributed by atoms with Crippen molar-refractivity contribution in [3.63, 3.8) is 0 Å². The second-order valence-corrected chi connectivity index (χ2v) is 8.42. The van der Waals surface area contributed by atoms with Gasteiger partial charge in [0.2, 0.25) is 5.91 Å². The molecule has 2 aliphatic heterocycles. The Morgan fingerprint density at radius 2 is 1.80 bits per heavy atom. The Kier molecular flexibility index (Phi) is 4.85. The van der Waals surface area contributed by atoms with Crippen LogP contribution in [-0.2, 0) is 4.79 Å². The van der Waals surface area contributed by atoms with Crippen molar-refractivity contribution in [3.05, 3.63) is 28.6 Å². The Morgan fingerprint density at radius 3 is 2.48 bits per heavy atom. The van der Waals surface area contributed by atoms with Crippen LogP contribution in [0.15, 0.2) is 22.9 Å². The van der Waals surface area contributed by atoms with Crippen LogP contribution in [0.2, 0.25) is 0 Å². The van der Waals surface area contributed by atoms with E-state index in [2.05, 4.69) is 4.98 Å². The summed E-state index contributed by atoms with van der Waals surface area (Å²) in [6.45, 7) is 3.11. The first-order chi connectivity index (χ1) is 12.2. The topological polar surface area (TPSA) is 53.5 Å². The summed E-state index contributed by atoms with van der Waals surface area (Å²) < 4.78 is 0. The zero-order valence-electron chi connectivity index (χ0n) is 14.0. The van der Waals surface area contributed by atoms with Crippen molar-refractivity contribution < 1.29 is 9.59 Å². The van der Waals surface area contributed by atoms with Gasteiger partial charge in [0.15, 0.2) is 0 Å². The molecule has 2 aromatic heterocycles. The van der Waals surface area contributed by atoms with Crippen LogP contribution in [-0.4, -0.2) is 52.8 Å². The Labute approximate surface area is 155 Å². The van der Waals surface area contributed by atoms with E-state index < -0.39 is 0 Å². The van der Waals surface area contributed by atoms with E-state index in [0.29, 0.717) is 24.7 Å². The largest absolute Gasteiger partial charge is 0.342 e. The molecule has 4 rings (SSSR count). The van der Waals surface area contributed by atoms with Crippen LogP contribution in [0.4, 0.5) is 0 Å². The molecule has 0 aliphatic carbocycles. The van der Waals surface area contributed by atoms with Crippen LogP contribution < -0.4 is 0 Å². The number of hydrogen-bond donors (Lipinski definition) is 0. The molecule has 4 heterocycles. The highest BCUT2D eigenvalue weighted by molar-refractivity contribution is 7.20. The molecule has 2 saturated heterocycles. The summed E-state index contributed by atoms with van der Waals surface area (Å²) in [6, 6.07) is 4.01. The summed E-state index contributed by atoms with van der Waals surface area (Å²) in [4.78, 5) is 34.6. The fraction of sp³-hybridized carbons (Fsp3) is 0.500. The quantitative estimate of drug-likeness (QED) is 0.827. The van der Waals surface area contributed by atoms with E-state index in [1.54, 1.807) is 11.3 Å². The summed E-state index contributed by atoms with van der Waals surface area (Å²) >= 11 is 3.15.